The van der Waals surface area contributed by atoms with Gasteiger partial charge >= 0.3 is 5.97 Å². The Morgan fingerprint density at radius 2 is 2.29 bits per heavy atom. The number of nitrogens with zero attached hydrogens (tertiary/aromatic N) is 1. The Balaban J connectivity index is 1.66. The van der Waals surface area contributed by atoms with Gasteiger partial charge in [-0.05, 0) is 18.9 Å². The van der Waals surface area contributed by atoms with Crippen LogP contribution in [0.25, 0.3) is 0 Å². The predicted octanol–water partition coefficient (Wildman–Crippen LogP) is 1.17. The molecule has 3 rings (SSSR count). The molecule has 1 aromatic rings. The number of methoxy groups -OCH3 is 1. The molecular weight excluding hydrogens is 268 g/mol. The molecule has 1 aliphatic heterocycles. The molecule has 1 aromatic carbocycles. The van der Waals surface area contributed by atoms with E-state index in [4.69, 9.17) is 9.47 Å². The highest BCUT2D eigenvalue weighted by molar-refractivity contribution is 5.76. The third-order valence-electron chi connectivity index (χ3n) is 3.97. The Kier molecular flexibility index (Phi) is 4.41. The molecule has 21 heavy (non-hydrogen) atoms. The Morgan fingerprint density at radius 3 is 3.05 bits per heavy atom. The van der Waals surface area contributed by atoms with Crippen LogP contribution in [0.3, 0.4) is 0 Å². The maximum atomic E-state index is 11.9. The predicted molar refractivity (Wildman–Crippen MR) is 79.2 cm³/mol. The second-order valence-electron chi connectivity index (χ2n) is 5.71. The van der Waals surface area contributed by atoms with E-state index in [1.54, 1.807) is 0 Å². The largest absolute Gasteiger partial charge is 0.492 e. The van der Waals surface area contributed by atoms with Gasteiger partial charge in [-0.3, -0.25) is 9.69 Å². The van der Waals surface area contributed by atoms with Gasteiger partial charge in [0.2, 0.25) is 0 Å². The molecular formula is C16H22N2O3. The average Bonchev–Trinajstić information content (AvgIpc) is 3.32. The zero-order valence-corrected chi connectivity index (χ0v) is 12.4. The smallest absolute Gasteiger partial charge is 0.324 e. The van der Waals surface area contributed by atoms with E-state index in [9.17, 15) is 4.79 Å². The van der Waals surface area contributed by atoms with Crippen LogP contribution in [0.15, 0.2) is 24.3 Å². The van der Waals surface area contributed by atoms with Crippen LogP contribution >= 0.6 is 0 Å². The molecule has 0 spiro atoms. The van der Waals surface area contributed by atoms with Crippen molar-refractivity contribution in [1.29, 1.82) is 0 Å². The molecule has 1 unspecified atom stereocenters. The van der Waals surface area contributed by atoms with Gasteiger partial charge in [0, 0.05) is 31.2 Å². The Morgan fingerprint density at radius 1 is 1.48 bits per heavy atom. The number of carbonyl (C=O) groups excluding carboxylic acids is 1. The van der Waals surface area contributed by atoms with Crippen LogP contribution < -0.4 is 10.1 Å². The standard InChI is InChI=1S/C16H22N2O3/c1-20-16(19)14(17-13-6-7-13)11-18-8-9-21-15-5-3-2-4-12(15)10-18/h2-5,13-14,17H,6-11H2,1H3. The molecule has 1 saturated carbocycles. The van der Waals surface area contributed by atoms with E-state index in [1.807, 2.05) is 18.2 Å². The van der Waals surface area contributed by atoms with Gasteiger partial charge in [-0.1, -0.05) is 18.2 Å². The summed E-state index contributed by atoms with van der Waals surface area (Å²) < 4.78 is 10.7. The average molecular weight is 290 g/mol. The van der Waals surface area contributed by atoms with E-state index >= 15 is 0 Å². The molecule has 0 amide bonds. The lowest BCUT2D eigenvalue weighted by Gasteiger charge is -2.25. The summed E-state index contributed by atoms with van der Waals surface area (Å²) in [4.78, 5) is 14.2. The first kappa shape index (κ1) is 14.4. The number of hydrogen-bond acceptors (Lipinski definition) is 5. The van der Waals surface area contributed by atoms with Crippen molar-refractivity contribution in [3.05, 3.63) is 29.8 Å². The van der Waals surface area contributed by atoms with Gasteiger partial charge in [-0.2, -0.15) is 0 Å². The topological polar surface area (TPSA) is 50.8 Å². The fourth-order valence-corrected chi connectivity index (χ4v) is 2.67. The number of benzene rings is 1. The van der Waals surface area contributed by atoms with Crippen molar-refractivity contribution in [1.82, 2.24) is 10.2 Å². The summed E-state index contributed by atoms with van der Waals surface area (Å²) in [6, 6.07) is 8.30. The van der Waals surface area contributed by atoms with Crippen LogP contribution in [0, 0.1) is 0 Å². The van der Waals surface area contributed by atoms with Crippen LogP contribution in [0.5, 0.6) is 5.75 Å². The molecule has 0 bridgehead atoms. The SMILES string of the molecule is COC(=O)C(CN1CCOc2ccccc2C1)NC1CC1. The first-order valence-electron chi connectivity index (χ1n) is 7.53. The summed E-state index contributed by atoms with van der Waals surface area (Å²) in [6.07, 6.45) is 2.30. The number of para-hydroxylation sites is 1. The van der Waals surface area contributed by atoms with E-state index in [0.29, 0.717) is 19.2 Å². The van der Waals surface area contributed by atoms with Crippen LogP contribution in [0.2, 0.25) is 0 Å². The summed E-state index contributed by atoms with van der Waals surface area (Å²) in [6.45, 7) is 2.92. The van der Waals surface area contributed by atoms with Gasteiger partial charge in [0.1, 0.15) is 18.4 Å². The number of nitrogens with one attached hydrogen (secondary N) is 1. The lowest BCUT2D eigenvalue weighted by Crippen LogP contribution is -2.47. The van der Waals surface area contributed by atoms with Crippen molar-refractivity contribution in [3.8, 4) is 5.75 Å². The summed E-state index contributed by atoms with van der Waals surface area (Å²) >= 11 is 0. The van der Waals surface area contributed by atoms with Gasteiger partial charge in [-0.25, -0.2) is 0 Å². The first-order valence-corrected chi connectivity index (χ1v) is 7.53. The monoisotopic (exact) mass is 290 g/mol. The third-order valence-corrected chi connectivity index (χ3v) is 3.97. The minimum Gasteiger partial charge on any atom is -0.492 e. The van der Waals surface area contributed by atoms with E-state index in [1.165, 1.54) is 12.7 Å². The second-order valence-corrected chi connectivity index (χ2v) is 5.71. The summed E-state index contributed by atoms with van der Waals surface area (Å²) in [5, 5.41) is 3.38. The van der Waals surface area contributed by atoms with E-state index in [-0.39, 0.29) is 12.0 Å². The van der Waals surface area contributed by atoms with E-state index in [0.717, 1.165) is 31.7 Å². The molecule has 1 aliphatic carbocycles. The van der Waals surface area contributed by atoms with Crippen molar-refractivity contribution in [2.45, 2.75) is 31.5 Å². The Hall–Kier alpha value is -1.59. The lowest BCUT2D eigenvalue weighted by atomic mass is 10.2. The number of hydrogen-bond donors (Lipinski definition) is 1. The number of ether oxygens (including phenoxy) is 2. The lowest BCUT2D eigenvalue weighted by molar-refractivity contribution is -0.143. The molecule has 5 heteroatoms. The second kappa shape index (κ2) is 6.45. The number of esters is 1. The van der Waals surface area contributed by atoms with E-state index in [2.05, 4.69) is 16.3 Å². The normalized spacial score (nSPS) is 20.0. The highest BCUT2D eigenvalue weighted by Crippen LogP contribution is 2.23. The Labute approximate surface area is 125 Å². The highest BCUT2D eigenvalue weighted by atomic mass is 16.5. The maximum absolute atomic E-state index is 11.9. The first-order chi connectivity index (χ1) is 10.3. The number of carbonyl (C=O) groups is 1. The van der Waals surface area contributed by atoms with Crippen LogP contribution in [-0.4, -0.2) is 49.8 Å². The number of rotatable bonds is 5. The van der Waals surface area contributed by atoms with Gasteiger partial charge in [-0.15, -0.1) is 0 Å². The van der Waals surface area contributed by atoms with Gasteiger partial charge in [0.05, 0.1) is 7.11 Å². The molecule has 5 nitrogen and oxygen atoms in total. The van der Waals surface area contributed by atoms with Gasteiger partial charge in [0.25, 0.3) is 0 Å². The van der Waals surface area contributed by atoms with E-state index < -0.39 is 0 Å². The zero-order valence-electron chi connectivity index (χ0n) is 12.4. The zero-order chi connectivity index (χ0) is 14.7. The molecule has 1 atom stereocenters. The minimum atomic E-state index is -0.257. The fraction of sp³-hybridized carbons (Fsp3) is 0.562. The highest BCUT2D eigenvalue weighted by Gasteiger charge is 2.30. The van der Waals surface area contributed by atoms with Crippen molar-refractivity contribution in [2.75, 3.05) is 26.8 Å². The summed E-state index contributed by atoms with van der Waals surface area (Å²) in [5.74, 6) is 0.769. The quantitative estimate of drug-likeness (QED) is 0.825. The molecule has 0 aromatic heterocycles. The number of fused-ring (bicyclic) bond motifs is 1. The molecule has 1 N–H and O–H groups in total. The molecule has 1 fully saturated rings. The van der Waals surface area contributed by atoms with Gasteiger partial charge in [0.15, 0.2) is 0 Å². The molecule has 0 radical (unpaired) electrons. The fourth-order valence-electron chi connectivity index (χ4n) is 2.67. The van der Waals surface area contributed by atoms with Gasteiger partial charge < -0.3 is 14.8 Å². The third kappa shape index (κ3) is 3.74. The van der Waals surface area contributed by atoms with Crippen molar-refractivity contribution in [2.24, 2.45) is 0 Å². The van der Waals surface area contributed by atoms with Crippen LogP contribution in [0.1, 0.15) is 18.4 Å². The van der Waals surface area contributed by atoms with Crippen molar-refractivity contribution >= 4 is 5.97 Å². The molecule has 0 saturated heterocycles. The molecule has 1 heterocycles. The summed E-state index contributed by atoms with van der Waals surface area (Å²) in [7, 11) is 1.45. The van der Waals surface area contributed by atoms with Crippen molar-refractivity contribution < 1.29 is 14.3 Å². The minimum absolute atomic E-state index is 0.180. The summed E-state index contributed by atoms with van der Waals surface area (Å²) in [5.41, 5.74) is 1.17. The van der Waals surface area contributed by atoms with Crippen molar-refractivity contribution in [3.63, 3.8) is 0 Å². The molecule has 2 aliphatic rings. The molecule has 114 valence electrons. The Bertz CT molecular complexity index is 502. The maximum Gasteiger partial charge on any atom is 0.324 e. The van der Waals surface area contributed by atoms with Crippen LogP contribution in [0.4, 0.5) is 0 Å². The van der Waals surface area contributed by atoms with Crippen LogP contribution in [-0.2, 0) is 16.1 Å².